The van der Waals surface area contributed by atoms with Crippen LogP contribution in [0.1, 0.15) is 31.9 Å². The van der Waals surface area contributed by atoms with Gasteiger partial charge in [-0.15, -0.1) is 6.58 Å². The fraction of sp³-hybridized carbons (Fsp3) is 0.385. The summed E-state index contributed by atoms with van der Waals surface area (Å²) in [5.41, 5.74) is 2.16. The second-order valence-electron chi connectivity index (χ2n) is 4.55. The van der Waals surface area contributed by atoms with Crippen molar-refractivity contribution in [3.8, 4) is 5.75 Å². The minimum Gasteiger partial charge on any atom is -0.508 e. The van der Waals surface area contributed by atoms with Crippen LogP contribution in [0.4, 0.5) is 0 Å². The Labute approximate surface area is 86.1 Å². The van der Waals surface area contributed by atoms with Crippen molar-refractivity contribution >= 4 is 0 Å². The van der Waals surface area contributed by atoms with E-state index in [9.17, 15) is 5.11 Å². The zero-order valence-electron chi connectivity index (χ0n) is 9.17. The van der Waals surface area contributed by atoms with E-state index in [0.29, 0.717) is 5.75 Å². The average Bonchev–Trinajstić information content (AvgIpc) is 2.02. The Morgan fingerprint density at radius 1 is 1.36 bits per heavy atom. The summed E-state index contributed by atoms with van der Waals surface area (Å²) < 4.78 is 0. The van der Waals surface area contributed by atoms with Crippen molar-refractivity contribution < 1.29 is 5.11 Å². The molecular formula is C13H18O. The number of allylic oxidation sites excluding steroid dienone is 1. The zero-order valence-corrected chi connectivity index (χ0v) is 9.17. The lowest BCUT2D eigenvalue weighted by Crippen LogP contribution is -2.14. The van der Waals surface area contributed by atoms with Crippen LogP contribution >= 0.6 is 0 Å². The highest BCUT2D eigenvalue weighted by atomic mass is 16.3. The van der Waals surface area contributed by atoms with Crippen LogP contribution in [0.5, 0.6) is 5.75 Å². The van der Waals surface area contributed by atoms with E-state index in [-0.39, 0.29) is 5.41 Å². The maximum atomic E-state index is 9.82. The van der Waals surface area contributed by atoms with Crippen molar-refractivity contribution in [1.29, 1.82) is 0 Å². The summed E-state index contributed by atoms with van der Waals surface area (Å²) in [6.07, 6.45) is 2.67. The van der Waals surface area contributed by atoms with Gasteiger partial charge in [-0.1, -0.05) is 39.0 Å². The highest BCUT2D eigenvalue weighted by Gasteiger charge is 2.20. The molecule has 14 heavy (non-hydrogen) atoms. The van der Waals surface area contributed by atoms with Crippen LogP contribution in [0.3, 0.4) is 0 Å². The molecule has 1 aromatic rings. The molecule has 1 N–H and O–H groups in total. The molecule has 1 nitrogen and oxygen atoms in total. The zero-order chi connectivity index (χ0) is 10.8. The molecule has 0 fully saturated rings. The molecule has 0 aliphatic rings. The first-order valence-electron chi connectivity index (χ1n) is 4.89. The van der Waals surface area contributed by atoms with Crippen LogP contribution in [-0.4, -0.2) is 5.11 Å². The number of benzene rings is 1. The van der Waals surface area contributed by atoms with Crippen LogP contribution in [0.2, 0.25) is 0 Å². The number of hydrogen-bond acceptors (Lipinski definition) is 1. The predicted octanol–water partition coefficient (Wildman–Crippen LogP) is 3.42. The summed E-state index contributed by atoms with van der Waals surface area (Å²) in [6, 6.07) is 5.67. The van der Waals surface area contributed by atoms with E-state index in [0.717, 1.165) is 17.5 Å². The lowest BCUT2D eigenvalue weighted by Gasteiger charge is -2.23. The first kappa shape index (κ1) is 10.8. The fourth-order valence-electron chi connectivity index (χ4n) is 1.78. The molecule has 1 aromatic carbocycles. The molecule has 0 saturated carbocycles. The average molecular weight is 190 g/mol. The number of phenolic OH excluding ortho intramolecular Hbond substituents is 1. The molecule has 0 heterocycles. The molecule has 0 aliphatic carbocycles. The molecule has 0 radical (unpaired) electrons. The quantitative estimate of drug-likeness (QED) is 0.708. The second-order valence-corrected chi connectivity index (χ2v) is 4.55. The maximum absolute atomic E-state index is 9.82. The third kappa shape index (κ3) is 2.16. The van der Waals surface area contributed by atoms with E-state index >= 15 is 0 Å². The molecule has 1 rings (SSSR count). The number of rotatable bonds is 2. The largest absolute Gasteiger partial charge is 0.508 e. The van der Waals surface area contributed by atoms with Crippen LogP contribution < -0.4 is 0 Å². The Hall–Kier alpha value is -1.24. The molecular weight excluding hydrogens is 172 g/mol. The van der Waals surface area contributed by atoms with Gasteiger partial charge in [0.05, 0.1) is 0 Å². The fourth-order valence-corrected chi connectivity index (χ4v) is 1.78. The van der Waals surface area contributed by atoms with Crippen LogP contribution in [-0.2, 0) is 11.8 Å². The predicted molar refractivity (Wildman–Crippen MR) is 60.7 cm³/mol. The highest BCUT2D eigenvalue weighted by Crippen LogP contribution is 2.33. The second kappa shape index (κ2) is 3.87. The lowest BCUT2D eigenvalue weighted by molar-refractivity contribution is 0.445. The third-order valence-corrected chi connectivity index (χ3v) is 2.24. The number of phenols is 1. The first-order valence-corrected chi connectivity index (χ1v) is 4.89. The molecule has 1 heteroatoms. The minimum atomic E-state index is -0.0241. The standard InChI is InChI=1S/C13H18O/c1-5-7-10-8-6-9-11(14)12(10)13(2,3)4/h5-6,8-9,14H,1,7H2,2-4H3. The van der Waals surface area contributed by atoms with E-state index < -0.39 is 0 Å². The number of aromatic hydroxyl groups is 1. The Balaban J connectivity index is 3.29. The molecule has 0 amide bonds. The summed E-state index contributed by atoms with van der Waals surface area (Å²) in [7, 11) is 0. The first-order chi connectivity index (χ1) is 6.46. The van der Waals surface area contributed by atoms with Crippen LogP contribution in [0.15, 0.2) is 30.9 Å². The van der Waals surface area contributed by atoms with Crippen molar-refractivity contribution in [3.63, 3.8) is 0 Å². The van der Waals surface area contributed by atoms with Gasteiger partial charge in [0.25, 0.3) is 0 Å². The third-order valence-electron chi connectivity index (χ3n) is 2.24. The molecule has 0 aromatic heterocycles. The summed E-state index contributed by atoms with van der Waals surface area (Å²) in [6.45, 7) is 10.0. The topological polar surface area (TPSA) is 20.2 Å². The van der Waals surface area contributed by atoms with Crippen molar-refractivity contribution in [3.05, 3.63) is 42.0 Å². The highest BCUT2D eigenvalue weighted by molar-refractivity contribution is 5.44. The summed E-state index contributed by atoms with van der Waals surface area (Å²) in [5.74, 6) is 0.386. The molecule has 0 atom stereocenters. The van der Waals surface area contributed by atoms with Gasteiger partial charge in [-0.3, -0.25) is 0 Å². The summed E-state index contributed by atoms with van der Waals surface area (Å²) in [5, 5.41) is 9.82. The SMILES string of the molecule is C=CCc1cccc(O)c1C(C)(C)C. The normalized spacial score (nSPS) is 11.4. The van der Waals surface area contributed by atoms with Crippen molar-refractivity contribution in [2.45, 2.75) is 32.6 Å². The Morgan fingerprint density at radius 2 is 2.00 bits per heavy atom. The van der Waals surface area contributed by atoms with Gasteiger partial charge in [0, 0.05) is 5.56 Å². The van der Waals surface area contributed by atoms with Crippen LogP contribution in [0.25, 0.3) is 0 Å². The van der Waals surface area contributed by atoms with Gasteiger partial charge >= 0.3 is 0 Å². The van der Waals surface area contributed by atoms with E-state index in [1.165, 1.54) is 0 Å². The summed E-state index contributed by atoms with van der Waals surface area (Å²) in [4.78, 5) is 0. The van der Waals surface area contributed by atoms with Gasteiger partial charge in [-0.05, 0) is 23.5 Å². The molecule has 0 aliphatic heterocycles. The number of hydrogen-bond donors (Lipinski definition) is 1. The Morgan fingerprint density at radius 3 is 2.50 bits per heavy atom. The van der Waals surface area contributed by atoms with E-state index in [2.05, 4.69) is 27.4 Å². The molecule has 76 valence electrons. The minimum absolute atomic E-state index is 0.0241. The van der Waals surface area contributed by atoms with Crippen molar-refractivity contribution in [1.82, 2.24) is 0 Å². The molecule has 0 spiro atoms. The van der Waals surface area contributed by atoms with Gasteiger partial charge in [-0.2, -0.15) is 0 Å². The molecule has 0 saturated heterocycles. The Kier molecular flexibility index (Phi) is 3.00. The molecule has 0 bridgehead atoms. The van der Waals surface area contributed by atoms with E-state index in [1.807, 2.05) is 18.2 Å². The van der Waals surface area contributed by atoms with Gasteiger partial charge in [0.15, 0.2) is 0 Å². The Bertz CT molecular complexity index is 332. The lowest BCUT2D eigenvalue weighted by atomic mass is 9.82. The van der Waals surface area contributed by atoms with Crippen molar-refractivity contribution in [2.24, 2.45) is 0 Å². The molecule has 0 unspecified atom stereocenters. The summed E-state index contributed by atoms with van der Waals surface area (Å²) >= 11 is 0. The van der Waals surface area contributed by atoms with E-state index in [4.69, 9.17) is 0 Å². The van der Waals surface area contributed by atoms with Crippen LogP contribution in [0, 0.1) is 0 Å². The van der Waals surface area contributed by atoms with E-state index in [1.54, 1.807) is 6.07 Å². The van der Waals surface area contributed by atoms with Gasteiger partial charge in [0.2, 0.25) is 0 Å². The van der Waals surface area contributed by atoms with Crippen molar-refractivity contribution in [2.75, 3.05) is 0 Å². The maximum Gasteiger partial charge on any atom is 0.119 e. The van der Waals surface area contributed by atoms with Gasteiger partial charge < -0.3 is 5.11 Å². The smallest absolute Gasteiger partial charge is 0.119 e. The van der Waals surface area contributed by atoms with Gasteiger partial charge in [0.1, 0.15) is 5.75 Å². The van der Waals surface area contributed by atoms with Gasteiger partial charge in [-0.25, -0.2) is 0 Å². The monoisotopic (exact) mass is 190 g/mol.